The minimum Gasteiger partial charge on any atom is -0.370 e. The summed E-state index contributed by atoms with van der Waals surface area (Å²) in [5.41, 5.74) is 0.609. The summed E-state index contributed by atoms with van der Waals surface area (Å²) in [6.45, 7) is 12.3. The van der Waals surface area contributed by atoms with Crippen LogP contribution in [-0.4, -0.2) is 24.0 Å². The maximum Gasteiger partial charge on any atom is 0.252 e. The molecular formula is C16H27N3O. The van der Waals surface area contributed by atoms with E-state index in [2.05, 4.69) is 43.3 Å². The fourth-order valence-corrected chi connectivity index (χ4v) is 2.37. The van der Waals surface area contributed by atoms with Crippen LogP contribution in [0.15, 0.2) is 18.3 Å². The first-order valence-corrected chi connectivity index (χ1v) is 7.43. The summed E-state index contributed by atoms with van der Waals surface area (Å²) < 4.78 is 0. The molecule has 0 saturated carbocycles. The van der Waals surface area contributed by atoms with Gasteiger partial charge in [-0.2, -0.15) is 0 Å². The van der Waals surface area contributed by atoms with E-state index >= 15 is 0 Å². The first-order chi connectivity index (χ1) is 9.45. The van der Waals surface area contributed by atoms with Crippen molar-refractivity contribution >= 4 is 11.7 Å². The van der Waals surface area contributed by atoms with Gasteiger partial charge in [0.1, 0.15) is 5.82 Å². The Kier molecular flexibility index (Phi) is 6.49. The molecule has 2 N–H and O–H groups in total. The van der Waals surface area contributed by atoms with Gasteiger partial charge in [-0.25, -0.2) is 4.98 Å². The van der Waals surface area contributed by atoms with E-state index in [1.165, 1.54) is 0 Å². The molecule has 1 heterocycles. The van der Waals surface area contributed by atoms with Crippen molar-refractivity contribution in [1.82, 2.24) is 10.3 Å². The maximum absolute atomic E-state index is 12.1. The molecule has 112 valence electrons. The van der Waals surface area contributed by atoms with Gasteiger partial charge < -0.3 is 10.6 Å². The summed E-state index contributed by atoms with van der Waals surface area (Å²) in [5.74, 6) is 2.36. The lowest BCUT2D eigenvalue weighted by atomic mass is 9.85. The molecule has 0 radical (unpaired) electrons. The second kappa shape index (κ2) is 7.88. The van der Waals surface area contributed by atoms with Crippen LogP contribution in [0.4, 0.5) is 5.82 Å². The average Bonchev–Trinajstić information content (AvgIpc) is 2.39. The Morgan fingerprint density at radius 1 is 1.20 bits per heavy atom. The third kappa shape index (κ3) is 4.83. The minimum atomic E-state index is -0.0492. The van der Waals surface area contributed by atoms with E-state index in [4.69, 9.17) is 0 Å². The normalized spacial score (nSPS) is 11.2. The van der Waals surface area contributed by atoms with Crippen molar-refractivity contribution in [3.8, 4) is 0 Å². The molecule has 4 nitrogen and oxygen atoms in total. The maximum atomic E-state index is 12.1. The number of hydrogen-bond acceptors (Lipinski definition) is 3. The van der Waals surface area contributed by atoms with Gasteiger partial charge in [-0.15, -0.1) is 0 Å². The van der Waals surface area contributed by atoms with Crippen LogP contribution in [0.25, 0.3) is 0 Å². The highest BCUT2D eigenvalue weighted by Crippen LogP contribution is 2.19. The molecule has 1 rings (SSSR count). The zero-order chi connectivity index (χ0) is 15.1. The van der Waals surface area contributed by atoms with Crippen LogP contribution >= 0.6 is 0 Å². The summed E-state index contributed by atoms with van der Waals surface area (Å²) in [7, 11) is 0. The summed E-state index contributed by atoms with van der Waals surface area (Å²) in [6, 6.07) is 3.64. The molecule has 1 aromatic heterocycles. The van der Waals surface area contributed by atoms with Crippen LogP contribution in [0.3, 0.4) is 0 Å². The first kappa shape index (κ1) is 16.5. The number of hydrogen-bond donors (Lipinski definition) is 2. The minimum absolute atomic E-state index is 0.0492. The highest BCUT2D eigenvalue weighted by molar-refractivity contribution is 5.94. The number of carbonyl (C=O) groups excluding carboxylic acids is 1. The van der Waals surface area contributed by atoms with Gasteiger partial charge in [0.25, 0.3) is 5.91 Å². The van der Waals surface area contributed by atoms with Crippen LogP contribution in [0.1, 0.15) is 45.0 Å². The Morgan fingerprint density at radius 2 is 1.85 bits per heavy atom. The molecule has 0 fully saturated rings. The Bertz CT molecular complexity index is 404. The second-order valence-electron chi connectivity index (χ2n) is 5.82. The smallest absolute Gasteiger partial charge is 0.252 e. The van der Waals surface area contributed by atoms with Crippen molar-refractivity contribution in [2.75, 3.05) is 18.4 Å². The van der Waals surface area contributed by atoms with Crippen molar-refractivity contribution < 1.29 is 4.79 Å². The van der Waals surface area contributed by atoms with Crippen LogP contribution in [0, 0.1) is 17.8 Å². The fraction of sp³-hybridized carbons (Fsp3) is 0.625. The number of carbonyl (C=O) groups is 1. The molecule has 0 saturated heterocycles. The number of nitrogens with one attached hydrogen (secondary N) is 2. The van der Waals surface area contributed by atoms with Gasteiger partial charge in [0.2, 0.25) is 0 Å². The molecule has 0 bridgehead atoms. The van der Waals surface area contributed by atoms with Crippen LogP contribution < -0.4 is 10.6 Å². The van der Waals surface area contributed by atoms with E-state index < -0.39 is 0 Å². The molecule has 1 amide bonds. The SMILES string of the molecule is CCNc1ccc(C(=O)NCC(C(C)C)C(C)C)cn1. The molecule has 20 heavy (non-hydrogen) atoms. The monoisotopic (exact) mass is 277 g/mol. The van der Waals surface area contributed by atoms with E-state index in [1.807, 2.05) is 13.0 Å². The lowest BCUT2D eigenvalue weighted by Gasteiger charge is -2.25. The largest absolute Gasteiger partial charge is 0.370 e. The number of amides is 1. The van der Waals surface area contributed by atoms with Crippen molar-refractivity contribution in [3.63, 3.8) is 0 Å². The van der Waals surface area contributed by atoms with Gasteiger partial charge in [0, 0.05) is 19.3 Å². The zero-order valence-electron chi connectivity index (χ0n) is 13.2. The number of aromatic nitrogens is 1. The van der Waals surface area contributed by atoms with E-state index in [9.17, 15) is 4.79 Å². The zero-order valence-corrected chi connectivity index (χ0v) is 13.2. The van der Waals surface area contributed by atoms with Crippen molar-refractivity contribution in [2.24, 2.45) is 17.8 Å². The molecule has 0 atom stereocenters. The van der Waals surface area contributed by atoms with Gasteiger partial charge in [-0.3, -0.25) is 4.79 Å². The number of rotatable bonds is 7. The standard InChI is InChI=1S/C16H27N3O/c1-6-17-15-8-7-13(9-18-15)16(20)19-10-14(11(2)3)12(4)5/h7-9,11-12,14H,6,10H2,1-5H3,(H,17,18)(H,19,20). The predicted molar refractivity (Wildman–Crippen MR) is 83.9 cm³/mol. The first-order valence-electron chi connectivity index (χ1n) is 7.43. The van der Waals surface area contributed by atoms with Crippen molar-refractivity contribution in [2.45, 2.75) is 34.6 Å². The van der Waals surface area contributed by atoms with Crippen LogP contribution in [-0.2, 0) is 0 Å². The molecule has 0 aromatic carbocycles. The van der Waals surface area contributed by atoms with Gasteiger partial charge in [0.05, 0.1) is 5.56 Å². The number of nitrogens with zero attached hydrogens (tertiary/aromatic N) is 1. The van der Waals surface area contributed by atoms with Crippen LogP contribution in [0.5, 0.6) is 0 Å². The third-order valence-corrected chi connectivity index (χ3v) is 3.59. The number of anilines is 1. The molecule has 0 unspecified atom stereocenters. The van der Waals surface area contributed by atoms with Crippen LogP contribution in [0.2, 0.25) is 0 Å². The van der Waals surface area contributed by atoms with Crippen molar-refractivity contribution in [1.29, 1.82) is 0 Å². The van der Waals surface area contributed by atoms with E-state index in [0.29, 0.717) is 29.9 Å². The summed E-state index contributed by atoms with van der Waals surface area (Å²) in [4.78, 5) is 16.3. The van der Waals surface area contributed by atoms with Gasteiger partial charge in [-0.05, 0) is 36.8 Å². The highest BCUT2D eigenvalue weighted by Gasteiger charge is 2.18. The van der Waals surface area contributed by atoms with Crippen molar-refractivity contribution in [3.05, 3.63) is 23.9 Å². The fourth-order valence-electron chi connectivity index (χ4n) is 2.37. The molecule has 0 aliphatic heterocycles. The Morgan fingerprint density at radius 3 is 2.30 bits per heavy atom. The molecular weight excluding hydrogens is 250 g/mol. The van der Waals surface area contributed by atoms with E-state index in [1.54, 1.807) is 12.3 Å². The van der Waals surface area contributed by atoms with E-state index in [0.717, 1.165) is 12.4 Å². The Labute approximate surface area is 122 Å². The number of pyridine rings is 1. The predicted octanol–water partition coefficient (Wildman–Crippen LogP) is 3.17. The molecule has 0 spiro atoms. The Hall–Kier alpha value is -1.58. The molecule has 1 aromatic rings. The molecule has 0 aliphatic carbocycles. The summed E-state index contributed by atoms with van der Waals surface area (Å²) >= 11 is 0. The third-order valence-electron chi connectivity index (χ3n) is 3.59. The molecule has 4 heteroatoms. The average molecular weight is 277 g/mol. The highest BCUT2D eigenvalue weighted by atomic mass is 16.1. The molecule has 0 aliphatic rings. The lowest BCUT2D eigenvalue weighted by molar-refractivity contribution is 0.0937. The lowest BCUT2D eigenvalue weighted by Crippen LogP contribution is -2.34. The second-order valence-corrected chi connectivity index (χ2v) is 5.82. The topological polar surface area (TPSA) is 54.0 Å². The van der Waals surface area contributed by atoms with Gasteiger partial charge in [-0.1, -0.05) is 27.7 Å². The summed E-state index contributed by atoms with van der Waals surface area (Å²) in [6.07, 6.45) is 1.62. The van der Waals surface area contributed by atoms with E-state index in [-0.39, 0.29) is 5.91 Å². The van der Waals surface area contributed by atoms with Gasteiger partial charge in [0.15, 0.2) is 0 Å². The summed E-state index contributed by atoms with van der Waals surface area (Å²) in [5, 5.41) is 6.12. The quantitative estimate of drug-likeness (QED) is 0.805. The van der Waals surface area contributed by atoms with Gasteiger partial charge >= 0.3 is 0 Å². The Balaban J connectivity index is 2.57.